The SMILES string of the molecule is CC(CC(=O)N1CCC(O)(Cn2cnc(N)cc2=O)CC1)c1ccccc1. The van der Waals surface area contributed by atoms with Crippen molar-refractivity contribution in [3.05, 3.63) is 58.6 Å². The van der Waals surface area contributed by atoms with E-state index in [-0.39, 0.29) is 29.7 Å². The van der Waals surface area contributed by atoms with Gasteiger partial charge in [-0.05, 0) is 24.3 Å². The molecule has 0 saturated carbocycles. The monoisotopic (exact) mass is 370 g/mol. The van der Waals surface area contributed by atoms with Crippen molar-refractivity contribution in [3.63, 3.8) is 0 Å². The number of nitrogen functional groups attached to an aromatic ring is 1. The number of anilines is 1. The highest BCUT2D eigenvalue weighted by atomic mass is 16.3. The van der Waals surface area contributed by atoms with E-state index in [1.54, 1.807) is 4.90 Å². The Morgan fingerprint density at radius 3 is 2.59 bits per heavy atom. The average molecular weight is 370 g/mol. The van der Waals surface area contributed by atoms with Gasteiger partial charge >= 0.3 is 0 Å². The molecule has 2 aromatic rings. The standard InChI is InChI=1S/C20H26N4O3/c1-15(16-5-3-2-4-6-16)11-18(25)23-9-7-20(27,8-10-23)13-24-14-22-17(21)12-19(24)26/h2-6,12,14-15,27H,7-11,13,21H2,1H3. The van der Waals surface area contributed by atoms with E-state index in [9.17, 15) is 14.7 Å². The third-order valence-electron chi connectivity index (χ3n) is 5.26. The van der Waals surface area contributed by atoms with Crippen LogP contribution in [-0.4, -0.2) is 44.2 Å². The number of aliphatic hydroxyl groups is 1. The van der Waals surface area contributed by atoms with Gasteiger partial charge in [0.25, 0.3) is 5.56 Å². The van der Waals surface area contributed by atoms with Gasteiger partial charge in [-0.3, -0.25) is 14.2 Å². The minimum absolute atomic E-state index is 0.0970. The summed E-state index contributed by atoms with van der Waals surface area (Å²) in [5, 5.41) is 10.8. The van der Waals surface area contributed by atoms with Gasteiger partial charge in [-0.25, -0.2) is 4.98 Å². The van der Waals surface area contributed by atoms with Crippen LogP contribution in [0.2, 0.25) is 0 Å². The summed E-state index contributed by atoms with van der Waals surface area (Å²) in [7, 11) is 0. The van der Waals surface area contributed by atoms with E-state index in [0.29, 0.717) is 32.4 Å². The van der Waals surface area contributed by atoms with Gasteiger partial charge in [-0.15, -0.1) is 0 Å². The summed E-state index contributed by atoms with van der Waals surface area (Å²) >= 11 is 0. The highest BCUT2D eigenvalue weighted by Crippen LogP contribution is 2.26. The van der Waals surface area contributed by atoms with Gasteiger partial charge in [-0.1, -0.05) is 37.3 Å². The number of aromatic nitrogens is 2. The first kappa shape index (κ1) is 19.1. The first-order valence-electron chi connectivity index (χ1n) is 9.23. The Labute approximate surface area is 158 Å². The lowest BCUT2D eigenvalue weighted by atomic mass is 9.90. The number of rotatable bonds is 5. The van der Waals surface area contributed by atoms with E-state index in [2.05, 4.69) is 4.98 Å². The Morgan fingerprint density at radius 2 is 1.96 bits per heavy atom. The molecule has 1 aliphatic rings. The summed E-state index contributed by atoms with van der Waals surface area (Å²) in [5.74, 6) is 0.412. The van der Waals surface area contributed by atoms with E-state index in [4.69, 9.17) is 5.73 Å². The summed E-state index contributed by atoms with van der Waals surface area (Å²) < 4.78 is 1.37. The lowest BCUT2D eigenvalue weighted by Gasteiger charge is -2.38. The zero-order chi connectivity index (χ0) is 19.4. The van der Waals surface area contributed by atoms with Crippen LogP contribution in [0, 0.1) is 0 Å². The molecule has 7 nitrogen and oxygen atoms in total. The van der Waals surface area contributed by atoms with Crippen LogP contribution in [0.3, 0.4) is 0 Å². The predicted octanol–water partition coefficient (Wildman–Crippen LogP) is 1.37. The molecule has 2 heterocycles. The Bertz CT molecular complexity index is 842. The van der Waals surface area contributed by atoms with E-state index in [0.717, 1.165) is 5.56 Å². The first-order valence-corrected chi connectivity index (χ1v) is 9.23. The summed E-state index contributed by atoms with van der Waals surface area (Å²) in [6, 6.07) is 11.2. The van der Waals surface area contributed by atoms with Gasteiger partial charge in [0.2, 0.25) is 5.91 Å². The molecular weight excluding hydrogens is 344 g/mol. The van der Waals surface area contributed by atoms with Crippen LogP contribution >= 0.6 is 0 Å². The van der Waals surface area contributed by atoms with Crippen molar-refractivity contribution in [1.29, 1.82) is 0 Å². The molecule has 1 unspecified atom stereocenters. The van der Waals surface area contributed by atoms with E-state index in [1.165, 1.54) is 17.0 Å². The van der Waals surface area contributed by atoms with Crippen LogP contribution in [0.25, 0.3) is 0 Å². The first-order chi connectivity index (χ1) is 12.9. The van der Waals surface area contributed by atoms with Gasteiger partial charge in [-0.2, -0.15) is 0 Å². The Morgan fingerprint density at radius 1 is 1.30 bits per heavy atom. The Kier molecular flexibility index (Phi) is 5.60. The normalized spacial score (nSPS) is 17.5. The van der Waals surface area contributed by atoms with Gasteiger partial charge in [0, 0.05) is 25.6 Å². The molecule has 27 heavy (non-hydrogen) atoms. The van der Waals surface area contributed by atoms with Crippen molar-refractivity contribution in [2.24, 2.45) is 0 Å². The second-order valence-corrected chi connectivity index (χ2v) is 7.40. The van der Waals surface area contributed by atoms with Crippen molar-refractivity contribution in [2.75, 3.05) is 18.8 Å². The number of nitrogens with zero attached hydrogens (tertiary/aromatic N) is 3. The second-order valence-electron chi connectivity index (χ2n) is 7.40. The summed E-state index contributed by atoms with van der Waals surface area (Å²) in [6.07, 6.45) is 2.66. The van der Waals surface area contributed by atoms with Gasteiger partial charge in [0.15, 0.2) is 0 Å². The van der Waals surface area contributed by atoms with E-state index in [1.807, 2.05) is 37.3 Å². The molecular formula is C20H26N4O3. The van der Waals surface area contributed by atoms with E-state index >= 15 is 0 Å². The maximum atomic E-state index is 12.6. The molecule has 0 radical (unpaired) electrons. The largest absolute Gasteiger partial charge is 0.388 e. The lowest BCUT2D eigenvalue weighted by Crippen LogP contribution is -2.49. The average Bonchev–Trinajstić information content (AvgIpc) is 2.65. The molecule has 1 amide bonds. The number of piperidine rings is 1. The van der Waals surface area contributed by atoms with Crippen molar-refractivity contribution in [2.45, 2.75) is 44.2 Å². The molecule has 3 N–H and O–H groups in total. The number of hydrogen-bond acceptors (Lipinski definition) is 5. The smallest absolute Gasteiger partial charge is 0.255 e. The molecule has 3 rings (SSSR count). The number of carbonyl (C=O) groups excluding carboxylic acids is 1. The molecule has 0 aliphatic carbocycles. The number of nitrogens with two attached hydrogens (primary N) is 1. The van der Waals surface area contributed by atoms with Crippen LogP contribution in [0.1, 0.15) is 37.7 Å². The maximum absolute atomic E-state index is 12.6. The van der Waals surface area contributed by atoms with Crippen molar-refractivity contribution in [3.8, 4) is 0 Å². The lowest BCUT2D eigenvalue weighted by molar-refractivity contribution is -0.136. The maximum Gasteiger partial charge on any atom is 0.255 e. The highest BCUT2D eigenvalue weighted by molar-refractivity contribution is 5.77. The quantitative estimate of drug-likeness (QED) is 0.828. The number of likely N-dealkylation sites (tertiary alicyclic amines) is 1. The Balaban J connectivity index is 1.56. The van der Waals surface area contributed by atoms with Gasteiger partial charge in [0.05, 0.1) is 18.5 Å². The zero-order valence-electron chi connectivity index (χ0n) is 15.5. The van der Waals surface area contributed by atoms with Crippen LogP contribution in [0.4, 0.5) is 5.82 Å². The van der Waals surface area contributed by atoms with Crippen molar-refractivity contribution >= 4 is 11.7 Å². The fraction of sp³-hybridized carbons (Fsp3) is 0.450. The number of hydrogen-bond donors (Lipinski definition) is 2. The molecule has 0 spiro atoms. The number of benzene rings is 1. The summed E-state index contributed by atoms with van der Waals surface area (Å²) in [6.45, 7) is 3.16. The Hall–Kier alpha value is -2.67. The molecule has 1 saturated heterocycles. The van der Waals surface area contributed by atoms with E-state index < -0.39 is 5.60 Å². The van der Waals surface area contributed by atoms with Gasteiger partial charge < -0.3 is 15.7 Å². The molecule has 1 aromatic carbocycles. The predicted molar refractivity (Wildman–Crippen MR) is 103 cm³/mol. The second kappa shape index (κ2) is 7.92. The third kappa shape index (κ3) is 4.74. The number of carbonyl (C=O) groups is 1. The molecule has 1 fully saturated rings. The summed E-state index contributed by atoms with van der Waals surface area (Å²) in [5.41, 5.74) is 5.33. The van der Waals surface area contributed by atoms with Crippen LogP contribution < -0.4 is 11.3 Å². The summed E-state index contributed by atoms with van der Waals surface area (Å²) in [4.78, 5) is 30.3. The van der Waals surface area contributed by atoms with Gasteiger partial charge in [0.1, 0.15) is 5.82 Å². The molecule has 1 atom stereocenters. The fourth-order valence-corrected chi connectivity index (χ4v) is 3.50. The van der Waals surface area contributed by atoms with Crippen molar-refractivity contribution < 1.29 is 9.90 Å². The van der Waals surface area contributed by atoms with Crippen LogP contribution in [-0.2, 0) is 11.3 Å². The van der Waals surface area contributed by atoms with Crippen molar-refractivity contribution in [1.82, 2.24) is 14.5 Å². The fourth-order valence-electron chi connectivity index (χ4n) is 3.50. The molecule has 1 aliphatic heterocycles. The van der Waals surface area contributed by atoms with Crippen LogP contribution in [0.5, 0.6) is 0 Å². The molecule has 7 heteroatoms. The third-order valence-corrected chi connectivity index (χ3v) is 5.26. The molecule has 1 aromatic heterocycles. The minimum Gasteiger partial charge on any atom is -0.388 e. The zero-order valence-corrected chi connectivity index (χ0v) is 15.5. The molecule has 0 bridgehead atoms. The van der Waals surface area contributed by atoms with Crippen LogP contribution in [0.15, 0.2) is 47.5 Å². The molecule has 144 valence electrons. The highest BCUT2D eigenvalue weighted by Gasteiger charge is 2.34. The topological polar surface area (TPSA) is 101 Å². The number of amides is 1. The minimum atomic E-state index is -1.02.